The van der Waals surface area contributed by atoms with Crippen LogP contribution in [0.3, 0.4) is 0 Å². The first-order valence-electron chi connectivity index (χ1n) is 5.74. The summed E-state index contributed by atoms with van der Waals surface area (Å²) in [5, 5.41) is 3.21. The van der Waals surface area contributed by atoms with E-state index in [-0.39, 0.29) is 16.9 Å². The number of para-hydroxylation sites is 1. The van der Waals surface area contributed by atoms with Crippen molar-refractivity contribution in [1.82, 2.24) is 4.90 Å². The molecule has 4 heteroatoms. The van der Waals surface area contributed by atoms with E-state index in [2.05, 4.69) is 24.1 Å². The zero-order valence-corrected chi connectivity index (χ0v) is 11.0. The van der Waals surface area contributed by atoms with E-state index in [1.54, 1.807) is 12.1 Å². The van der Waals surface area contributed by atoms with Gasteiger partial charge in [-0.2, -0.15) is 0 Å². The van der Waals surface area contributed by atoms with Crippen molar-refractivity contribution in [2.45, 2.75) is 13.8 Å². The van der Waals surface area contributed by atoms with E-state index in [1.165, 1.54) is 6.07 Å². The van der Waals surface area contributed by atoms with Gasteiger partial charge in [0.1, 0.15) is 5.82 Å². The zero-order chi connectivity index (χ0) is 13.1. The number of nitrogens with two attached hydrogens (primary N) is 1. The summed E-state index contributed by atoms with van der Waals surface area (Å²) < 4.78 is 13.2. The van der Waals surface area contributed by atoms with Crippen molar-refractivity contribution in [2.75, 3.05) is 38.2 Å². The van der Waals surface area contributed by atoms with Crippen LogP contribution in [0.1, 0.15) is 13.8 Å². The van der Waals surface area contributed by atoms with Crippen LogP contribution >= 0.6 is 0 Å². The monoisotopic (exact) mass is 239 g/mol. The lowest BCUT2D eigenvalue weighted by atomic mass is 9.93. The average Bonchev–Trinajstić information content (AvgIpc) is 2.18. The van der Waals surface area contributed by atoms with Crippen LogP contribution in [0.25, 0.3) is 0 Å². The van der Waals surface area contributed by atoms with E-state index < -0.39 is 0 Å². The van der Waals surface area contributed by atoms with E-state index in [0.29, 0.717) is 5.69 Å². The van der Waals surface area contributed by atoms with Gasteiger partial charge in [0, 0.05) is 13.1 Å². The molecule has 0 atom stereocenters. The SMILES string of the molecule is CN(C)CC(C)(C)CNc1cccc(F)c1N. The Hall–Kier alpha value is -1.29. The van der Waals surface area contributed by atoms with Crippen molar-refractivity contribution >= 4 is 11.4 Å². The highest BCUT2D eigenvalue weighted by atomic mass is 19.1. The molecule has 0 fully saturated rings. The maximum Gasteiger partial charge on any atom is 0.148 e. The molecule has 0 aromatic heterocycles. The van der Waals surface area contributed by atoms with Crippen LogP contribution in [0.2, 0.25) is 0 Å². The van der Waals surface area contributed by atoms with E-state index in [9.17, 15) is 4.39 Å². The zero-order valence-electron chi connectivity index (χ0n) is 11.0. The van der Waals surface area contributed by atoms with Gasteiger partial charge in [0.2, 0.25) is 0 Å². The van der Waals surface area contributed by atoms with Crippen LogP contribution in [0.15, 0.2) is 18.2 Å². The fourth-order valence-electron chi connectivity index (χ4n) is 1.94. The molecular formula is C13H22FN3. The molecule has 1 aromatic carbocycles. The molecule has 0 radical (unpaired) electrons. The quantitative estimate of drug-likeness (QED) is 0.775. The van der Waals surface area contributed by atoms with E-state index in [1.807, 2.05) is 14.1 Å². The molecule has 3 nitrogen and oxygen atoms in total. The largest absolute Gasteiger partial charge is 0.395 e. The molecule has 0 saturated carbocycles. The van der Waals surface area contributed by atoms with Gasteiger partial charge in [0.15, 0.2) is 0 Å². The normalized spacial score (nSPS) is 11.9. The molecule has 1 aromatic rings. The standard InChI is InChI=1S/C13H22FN3/c1-13(2,9-17(3)4)8-16-11-7-5-6-10(14)12(11)15/h5-7,16H,8-9,15H2,1-4H3. The number of nitrogens with one attached hydrogen (secondary N) is 1. The minimum absolute atomic E-state index is 0.0995. The Morgan fingerprint density at radius 2 is 2.00 bits per heavy atom. The molecule has 0 aliphatic heterocycles. The van der Waals surface area contributed by atoms with Crippen molar-refractivity contribution in [2.24, 2.45) is 5.41 Å². The molecule has 96 valence electrons. The Bertz CT molecular complexity index is 375. The first kappa shape index (κ1) is 13.8. The number of nitrogens with zero attached hydrogens (tertiary/aromatic N) is 1. The Morgan fingerprint density at radius 3 is 2.59 bits per heavy atom. The van der Waals surface area contributed by atoms with E-state index >= 15 is 0 Å². The number of halogens is 1. The fraction of sp³-hybridized carbons (Fsp3) is 0.538. The first-order chi connectivity index (χ1) is 7.82. The Balaban J connectivity index is 2.64. The van der Waals surface area contributed by atoms with Crippen LogP contribution < -0.4 is 11.1 Å². The number of anilines is 2. The van der Waals surface area contributed by atoms with Gasteiger partial charge < -0.3 is 16.0 Å². The molecule has 3 N–H and O–H groups in total. The summed E-state index contributed by atoms with van der Waals surface area (Å²) in [7, 11) is 4.08. The molecule has 0 aliphatic rings. The van der Waals surface area contributed by atoms with Crippen molar-refractivity contribution < 1.29 is 4.39 Å². The molecule has 17 heavy (non-hydrogen) atoms. The van der Waals surface area contributed by atoms with Crippen LogP contribution in [0.5, 0.6) is 0 Å². The highest BCUT2D eigenvalue weighted by molar-refractivity contribution is 5.66. The van der Waals surface area contributed by atoms with Gasteiger partial charge in [-0.25, -0.2) is 4.39 Å². The predicted molar refractivity (Wildman–Crippen MR) is 71.6 cm³/mol. The summed E-state index contributed by atoms with van der Waals surface area (Å²) >= 11 is 0. The lowest BCUT2D eigenvalue weighted by molar-refractivity contribution is 0.254. The summed E-state index contributed by atoms with van der Waals surface area (Å²) in [6.07, 6.45) is 0. The molecule has 0 heterocycles. The Morgan fingerprint density at radius 1 is 1.35 bits per heavy atom. The van der Waals surface area contributed by atoms with Gasteiger partial charge in [-0.3, -0.25) is 0 Å². The molecule has 0 saturated heterocycles. The van der Waals surface area contributed by atoms with Gasteiger partial charge in [-0.1, -0.05) is 19.9 Å². The minimum atomic E-state index is -0.375. The topological polar surface area (TPSA) is 41.3 Å². The third-order valence-corrected chi connectivity index (χ3v) is 2.55. The van der Waals surface area contributed by atoms with Gasteiger partial charge >= 0.3 is 0 Å². The molecule has 0 aliphatic carbocycles. The Kier molecular flexibility index (Phi) is 4.34. The predicted octanol–water partition coefficient (Wildman–Crippen LogP) is 2.41. The average molecular weight is 239 g/mol. The number of hydrogen-bond acceptors (Lipinski definition) is 3. The fourth-order valence-corrected chi connectivity index (χ4v) is 1.94. The van der Waals surface area contributed by atoms with Crippen LogP contribution in [0.4, 0.5) is 15.8 Å². The summed E-state index contributed by atoms with van der Waals surface area (Å²) in [5.74, 6) is -0.375. The Labute approximate surface area is 103 Å². The van der Waals surface area contributed by atoms with Gasteiger partial charge in [-0.05, 0) is 31.6 Å². The number of hydrogen-bond donors (Lipinski definition) is 2. The first-order valence-corrected chi connectivity index (χ1v) is 5.74. The summed E-state index contributed by atoms with van der Waals surface area (Å²) in [5.41, 5.74) is 6.62. The molecule has 1 rings (SSSR count). The number of rotatable bonds is 5. The molecule has 0 spiro atoms. The van der Waals surface area contributed by atoms with Gasteiger partial charge in [-0.15, -0.1) is 0 Å². The highest BCUT2D eigenvalue weighted by Gasteiger charge is 2.19. The number of benzene rings is 1. The third-order valence-electron chi connectivity index (χ3n) is 2.55. The minimum Gasteiger partial charge on any atom is -0.395 e. The maximum absolute atomic E-state index is 13.2. The van der Waals surface area contributed by atoms with Gasteiger partial charge in [0.05, 0.1) is 11.4 Å². The third kappa shape index (κ3) is 4.23. The summed E-state index contributed by atoms with van der Waals surface area (Å²) in [6, 6.07) is 4.82. The smallest absolute Gasteiger partial charge is 0.148 e. The molecule has 0 bridgehead atoms. The molecule has 0 amide bonds. The second-order valence-electron chi connectivity index (χ2n) is 5.46. The second-order valence-corrected chi connectivity index (χ2v) is 5.46. The highest BCUT2D eigenvalue weighted by Crippen LogP contribution is 2.23. The van der Waals surface area contributed by atoms with Crippen molar-refractivity contribution in [3.63, 3.8) is 0 Å². The lowest BCUT2D eigenvalue weighted by Gasteiger charge is -2.29. The van der Waals surface area contributed by atoms with Crippen LogP contribution in [0, 0.1) is 11.2 Å². The van der Waals surface area contributed by atoms with E-state index in [0.717, 1.165) is 13.1 Å². The summed E-state index contributed by atoms with van der Waals surface area (Å²) in [6.45, 7) is 6.03. The molecule has 0 unspecified atom stereocenters. The van der Waals surface area contributed by atoms with Crippen LogP contribution in [-0.4, -0.2) is 32.1 Å². The second kappa shape index (κ2) is 5.36. The number of nitrogen functional groups attached to an aromatic ring is 1. The molecular weight excluding hydrogens is 217 g/mol. The maximum atomic E-state index is 13.2. The van der Waals surface area contributed by atoms with Crippen LogP contribution in [-0.2, 0) is 0 Å². The summed E-state index contributed by atoms with van der Waals surface area (Å²) in [4.78, 5) is 2.14. The van der Waals surface area contributed by atoms with E-state index in [4.69, 9.17) is 5.73 Å². The van der Waals surface area contributed by atoms with Crippen molar-refractivity contribution in [3.8, 4) is 0 Å². The lowest BCUT2D eigenvalue weighted by Crippen LogP contribution is -2.34. The van der Waals surface area contributed by atoms with Gasteiger partial charge in [0.25, 0.3) is 0 Å². The van der Waals surface area contributed by atoms with Crippen molar-refractivity contribution in [3.05, 3.63) is 24.0 Å². The van der Waals surface area contributed by atoms with Crippen molar-refractivity contribution in [1.29, 1.82) is 0 Å².